The predicted octanol–water partition coefficient (Wildman–Crippen LogP) is 22.0. The Morgan fingerprint density at radius 2 is 0.571 bits per heavy atom. The molecule has 0 radical (unpaired) electrons. The zero-order valence-electron chi connectivity index (χ0n) is 61.7. The summed E-state index contributed by atoms with van der Waals surface area (Å²) in [5, 5.41) is 10.6. The van der Waals surface area contributed by atoms with Crippen LogP contribution in [0.15, 0.2) is 97.2 Å². The summed E-state index contributed by atoms with van der Waals surface area (Å²) in [7, 11) is -9.97. The summed E-state index contributed by atoms with van der Waals surface area (Å²) in [6, 6.07) is 0. The molecule has 0 amide bonds. The molecule has 0 heterocycles. The van der Waals surface area contributed by atoms with Crippen molar-refractivity contribution in [3.05, 3.63) is 97.2 Å². The van der Waals surface area contributed by atoms with Crippen LogP contribution < -0.4 is 0 Å². The van der Waals surface area contributed by atoms with E-state index in [0.717, 1.165) is 135 Å². The average Bonchev–Trinajstić information content (AvgIpc) is 0.959. The lowest BCUT2D eigenvalue weighted by molar-refractivity contribution is -0.161. The summed E-state index contributed by atoms with van der Waals surface area (Å²) in [6.07, 6.45) is 74.2. The summed E-state index contributed by atoms with van der Waals surface area (Å²) >= 11 is 0. The molecule has 3 N–H and O–H groups in total. The minimum atomic E-state index is -4.99. The molecule has 0 spiro atoms. The van der Waals surface area contributed by atoms with Crippen molar-refractivity contribution in [2.24, 2.45) is 0 Å². The number of phosphoric ester groups is 2. The number of unbranched alkanes of at least 4 members (excludes halogenated alkanes) is 31. The zero-order valence-corrected chi connectivity index (χ0v) is 63.5. The molecule has 0 saturated heterocycles. The number of allylic oxidation sites excluding steroid dienone is 15. The second kappa shape index (κ2) is 71.4. The summed E-state index contributed by atoms with van der Waals surface area (Å²) in [4.78, 5) is 72.8. The van der Waals surface area contributed by atoms with Crippen LogP contribution in [0.2, 0.25) is 0 Å². The maximum Gasteiger partial charge on any atom is 0.472 e. The lowest BCUT2D eigenvalue weighted by Gasteiger charge is -2.21. The molecule has 0 aromatic rings. The van der Waals surface area contributed by atoms with Crippen molar-refractivity contribution in [3.8, 4) is 0 Å². The Kier molecular flexibility index (Phi) is 68.4. The number of rotatable bonds is 72. The highest BCUT2D eigenvalue weighted by Crippen LogP contribution is 2.45. The van der Waals surface area contributed by atoms with Gasteiger partial charge in [0, 0.05) is 19.3 Å². The van der Waals surface area contributed by atoms with Crippen LogP contribution in [0.3, 0.4) is 0 Å². The van der Waals surface area contributed by atoms with E-state index in [-0.39, 0.29) is 25.7 Å². The maximum atomic E-state index is 13.1. The Morgan fingerprint density at radius 3 is 0.949 bits per heavy atom. The molecule has 0 rings (SSSR count). The van der Waals surface area contributed by atoms with E-state index in [1.54, 1.807) is 6.08 Å². The van der Waals surface area contributed by atoms with Crippen LogP contribution in [0.4, 0.5) is 0 Å². The van der Waals surface area contributed by atoms with E-state index in [0.29, 0.717) is 25.7 Å². The van der Waals surface area contributed by atoms with Crippen molar-refractivity contribution in [2.75, 3.05) is 39.6 Å². The first kappa shape index (κ1) is 94.0. The Balaban J connectivity index is 5.41. The van der Waals surface area contributed by atoms with Gasteiger partial charge in [0.2, 0.25) is 0 Å². The Morgan fingerprint density at radius 1 is 0.306 bits per heavy atom. The molecule has 17 nitrogen and oxygen atoms in total. The van der Waals surface area contributed by atoms with Gasteiger partial charge >= 0.3 is 39.5 Å². The highest BCUT2D eigenvalue weighted by atomic mass is 31.2. The van der Waals surface area contributed by atoms with Crippen molar-refractivity contribution >= 4 is 39.5 Å². The Hall–Kier alpha value is -4.02. The van der Waals surface area contributed by atoms with Crippen molar-refractivity contribution in [2.45, 2.75) is 341 Å². The number of hydrogen-bond donors (Lipinski definition) is 3. The molecule has 566 valence electrons. The van der Waals surface area contributed by atoms with Gasteiger partial charge in [0.15, 0.2) is 12.2 Å². The molecular weight excluding hydrogens is 1280 g/mol. The molecule has 5 atom stereocenters. The highest BCUT2D eigenvalue weighted by Gasteiger charge is 2.30. The van der Waals surface area contributed by atoms with Gasteiger partial charge in [0.1, 0.15) is 19.3 Å². The first-order chi connectivity index (χ1) is 47.7. The van der Waals surface area contributed by atoms with E-state index >= 15 is 0 Å². The van der Waals surface area contributed by atoms with Crippen molar-refractivity contribution in [1.29, 1.82) is 0 Å². The number of hydrogen-bond acceptors (Lipinski definition) is 15. The number of phosphoric acid groups is 2. The van der Waals surface area contributed by atoms with Gasteiger partial charge in [-0.05, 0) is 109 Å². The van der Waals surface area contributed by atoms with Gasteiger partial charge in [-0.2, -0.15) is 0 Å². The van der Waals surface area contributed by atoms with E-state index in [1.165, 1.54) is 109 Å². The van der Waals surface area contributed by atoms with Crippen LogP contribution in [-0.4, -0.2) is 96.7 Å². The number of aliphatic hydroxyl groups is 1. The van der Waals surface area contributed by atoms with Gasteiger partial charge < -0.3 is 33.8 Å². The van der Waals surface area contributed by atoms with Gasteiger partial charge in [-0.15, -0.1) is 0 Å². The van der Waals surface area contributed by atoms with Gasteiger partial charge in [0.05, 0.1) is 32.8 Å². The lowest BCUT2D eigenvalue weighted by Crippen LogP contribution is -2.30. The molecule has 0 aliphatic carbocycles. The van der Waals surface area contributed by atoms with Gasteiger partial charge in [-0.1, -0.05) is 285 Å². The van der Waals surface area contributed by atoms with Gasteiger partial charge in [0.25, 0.3) is 0 Å². The smallest absolute Gasteiger partial charge is 0.462 e. The first-order valence-electron chi connectivity index (χ1n) is 38.5. The predicted molar refractivity (Wildman–Crippen MR) is 399 cm³/mol. The fourth-order valence-corrected chi connectivity index (χ4v) is 11.8. The second-order valence-electron chi connectivity index (χ2n) is 25.6. The molecule has 5 unspecified atom stereocenters. The molecule has 0 bridgehead atoms. The standard InChI is InChI=1S/C79H138O17P2/c1-5-9-13-17-21-25-29-33-36-40-43-47-51-55-59-63-76(81)89-69-74(95-78(83)65-61-57-53-49-45-39-32-28-24-20-16-12-8-4)71-93-97(85,86)91-67-73(80)68-92-98(87,88)94-72-75(96-79(84)66-62-58-54-50-46-42-38-35-31-27-23-19-15-11-7-3)70-90-77(82)64-60-56-52-48-44-41-37-34-30-26-22-18-14-10-6-2/h9,13,21-22,25-26,28,32-34,36-37,43,47,55,59,73-75,80H,5-8,10-12,14-20,23-24,27,29-31,35,38-42,44-46,48-54,56-58,60-72H2,1-4H3,(H,85,86)(H,87,88)/b13-9-,25-21-,26-22-,32-28-,36-33-,37-34-,47-43-,59-55-. The quantitative estimate of drug-likeness (QED) is 0.0169. The minimum Gasteiger partial charge on any atom is -0.462 e. The molecule has 98 heavy (non-hydrogen) atoms. The second-order valence-corrected chi connectivity index (χ2v) is 28.5. The van der Waals surface area contributed by atoms with E-state index in [1.807, 2.05) is 18.2 Å². The third kappa shape index (κ3) is 70.4. The number of aliphatic hydroxyl groups excluding tert-OH is 1. The van der Waals surface area contributed by atoms with E-state index in [9.17, 15) is 43.2 Å². The Bertz CT molecular complexity index is 2240. The first-order valence-corrected chi connectivity index (χ1v) is 41.5. The maximum absolute atomic E-state index is 13.1. The number of esters is 4. The molecule has 0 aromatic carbocycles. The molecule has 0 aliphatic heterocycles. The fraction of sp³-hybridized carbons (Fsp3) is 0.747. The number of ether oxygens (including phenoxy) is 4. The van der Waals surface area contributed by atoms with Crippen LogP contribution in [0.1, 0.15) is 323 Å². The van der Waals surface area contributed by atoms with E-state index < -0.39 is 97.5 Å². The fourth-order valence-electron chi connectivity index (χ4n) is 10.2. The molecule has 19 heteroatoms. The van der Waals surface area contributed by atoms with E-state index in [4.69, 9.17) is 37.0 Å². The summed E-state index contributed by atoms with van der Waals surface area (Å²) < 4.78 is 68.3. The molecule has 0 aromatic heterocycles. The third-order valence-electron chi connectivity index (χ3n) is 16.1. The van der Waals surface area contributed by atoms with Crippen molar-refractivity contribution in [3.63, 3.8) is 0 Å². The number of carbonyl (C=O) groups is 4. The zero-order chi connectivity index (χ0) is 71.8. The SMILES string of the molecule is CC/C=C\C/C=C\C/C=C\C/C=C\C/C=C\CC(=O)OCC(COP(=O)(O)OCC(O)COP(=O)(O)OCC(COC(=O)CCCCCCC/C=C\C/C=C\CCCCC)OC(=O)CCCCCCCCCCCCCCCCC)OC(=O)CCCCCCC/C=C\CCCCCC. The lowest BCUT2D eigenvalue weighted by atomic mass is 10.0. The van der Waals surface area contributed by atoms with Crippen molar-refractivity contribution in [1.82, 2.24) is 0 Å². The summed E-state index contributed by atoms with van der Waals surface area (Å²) in [5.74, 6) is -2.33. The van der Waals surface area contributed by atoms with Gasteiger partial charge in [-0.3, -0.25) is 37.3 Å². The van der Waals surface area contributed by atoms with Crippen LogP contribution >= 0.6 is 15.6 Å². The van der Waals surface area contributed by atoms with E-state index in [2.05, 4.69) is 101 Å². The average molecular weight is 1420 g/mol. The molecule has 0 fully saturated rings. The van der Waals surface area contributed by atoms with Crippen LogP contribution in [0.25, 0.3) is 0 Å². The van der Waals surface area contributed by atoms with Crippen LogP contribution in [0, 0.1) is 0 Å². The normalized spacial score (nSPS) is 14.5. The van der Waals surface area contributed by atoms with Gasteiger partial charge in [-0.25, -0.2) is 9.13 Å². The van der Waals surface area contributed by atoms with Crippen LogP contribution in [0.5, 0.6) is 0 Å². The topological polar surface area (TPSA) is 237 Å². The summed E-state index contributed by atoms with van der Waals surface area (Å²) in [5.41, 5.74) is 0. The third-order valence-corrected chi connectivity index (χ3v) is 18.0. The molecular formula is C79H138O17P2. The van der Waals surface area contributed by atoms with Crippen LogP contribution in [-0.2, 0) is 65.4 Å². The molecule has 0 aliphatic rings. The largest absolute Gasteiger partial charge is 0.472 e. The van der Waals surface area contributed by atoms with Crippen molar-refractivity contribution < 1.29 is 80.2 Å². The number of carbonyl (C=O) groups excluding carboxylic acids is 4. The highest BCUT2D eigenvalue weighted by molar-refractivity contribution is 7.47. The molecule has 0 saturated carbocycles. The summed E-state index contributed by atoms with van der Waals surface area (Å²) in [6.45, 7) is 4.61. The minimum absolute atomic E-state index is 0.0656. The monoisotopic (exact) mass is 1420 g/mol. The Labute approximate surface area is 595 Å².